The van der Waals surface area contributed by atoms with Crippen molar-refractivity contribution in [2.75, 3.05) is 0 Å². The van der Waals surface area contributed by atoms with Gasteiger partial charge in [-0.15, -0.1) is 0 Å². The second-order valence-corrected chi connectivity index (χ2v) is 16.3. The minimum Gasteiger partial charge on any atom is -0.456 e. The van der Waals surface area contributed by atoms with Crippen molar-refractivity contribution in [1.82, 2.24) is 15.0 Å². The molecular weight excluding hydrogens is 755 g/mol. The summed E-state index contributed by atoms with van der Waals surface area (Å²) in [6.07, 6.45) is 0. The smallest absolute Gasteiger partial charge is 0.164 e. The van der Waals surface area contributed by atoms with Gasteiger partial charge in [-0.05, 0) is 91.0 Å². The molecule has 0 atom stereocenters. The van der Waals surface area contributed by atoms with E-state index in [1.165, 1.54) is 50.1 Å². The molecule has 0 aliphatic heterocycles. The fraction of sp³-hybridized carbons (Fsp3) is 0.0172. The van der Waals surface area contributed by atoms with Crippen LogP contribution in [0, 0.1) is 0 Å². The van der Waals surface area contributed by atoms with Crippen molar-refractivity contribution in [3.63, 3.8) is 0 Å². The number of rotatable bonds is 5. The van der Waals surface area contributed by atoms with E-state index in [1.807, 2.05) is 30.3 Å². The highest BCUT2D eigenvalue weighted by atomic mass is 16.3. The molecule has 4 heteroatoms. The first-order valence-corrected chi connectivity index (χ1v) is 21.1. The van der Waals surface area contributed by atoms with Gasteiger partial charge in [0.15, 0.2) is 17.5 Å². The summed E-state index contributed by atoms with van der Waals surface area (Å²) in [5, 5.41) is 2.23. The summed E-state index contributed by atoms with van der Waals surface area (Å²) >= 11 is 0. The molecule has 13 rings (SSSR count). The number of hydrogen-bond acceptors (Lipinski definition) is 4. The summed E-state index contributed by atoms with van der Waals surface area (Å²) < 4.78 is 6.10. The second kappa shape index (κ2) is 13.4. The summed E-state index contributed by atoms with van der Waals surface area (Å²) in [6, 6.07) is 75.7. The highest BCUT2D eigenvalue weighted by Crippen LogP contribution is 2.64. The van der Waals surface area contributed by atoms with E-state index >= 15 is 0 Å². The molecule has 11 aromatic rings. The summed E-state index contributed by atoms with van der Waals surface area (Å²) in [6.45, 7) is 0. The van der Waals surface area contributed by atoms with Crippen LogP contribution < -0.4 is 0 Å². The molecule has 0 saturated heterocycles. The van der Waals surface area contributed by atoms with Crippen LogP contribution >= 0.6 is 0 Å². The van der Waals surface area contributed by atoms with Crippen LogP contribution in [0.4, 0.5) is 0 Å². The van der Waals surface area contributed by atoms with Crippen molar-refractivity contribution >= 4 is 21.9 Å². The van der Waals surface area contributed by atoms with Crippen molar-refractivity contribution in [3.05, 3.63) is 235 Å². The van der Waals surface area contributed by atoms with E-state index in [2.05, 4.69) is 182 Å². The number of hydrogen-bond donors (Lipinski definition) is 0. The third-order valence-electron chi connectivity index (χ3n) is 13.0. The topological polar surface area (TPSA) is 51.8 Å². The summed E-state index contributed by atoms with van der Waals surface area (Å²) in [5.41, 5.74) is 19.1. The summed E-state index contributed by atoms with van der Waals surface area (Å²) in [4.78, 5) is 15.4. The van der Waals surface area contributed by atoms with Gasteiger partial charge in [0.25, 0.3) is 0 Å². The maximum atomic E-state index is 6.10. The van der Waals surface area contributed by atoms with E-state index in [1.54, 1.807) is 0 Å². The highest BCUT2D eigenvalue weighted by Gasteiger charge is 2.51. The number of furan rings is 1. The van der Waals surface area contributed by atoms with E-state index in [9.17, 15) is 0 Å². The fourth-order valence-corrected chi connectivity index (χ4v) is 10.3. The Hall–Kier alpha value is -8.21. The molecule has 288 valence electrons. The number of benzene rings is 9. The Morgan fingerprint density at radius 1 is 0.290 bits per heavy atom. The molecule has 1 spiro atoms. The van der Waals surface area contributed by atoms with Crippen LogP contribution in [0.2, 0.25) is 0 Å². The Morgan fingerprint density at radius 2 is 0.774 bits per heavy atom. The molecule has 2 aliphatic carbocycles. The van der Waals surface area contributed by atoms with Crippen LogP contribution in [0.5, 0.6) is 0 Å². The van der Waals surface area contributed by atoms with Crippen LogP contribution in [0.25, 0.3) is 101 Å². The van der Waals surface area contributed by atoms with Gasteiger partial charge in [-0.3, -0.25) is 0 Å². The molecule has 0 bridgehead atoms. The van der Waals surface area contributed by atoms with E-state index < -0.39 is 5.41 Å². The molecule has 9 aromatic carbocycles. The van der Waals surface area contributed by atoms with Crippen molar-refractivity contribution in [3.8, 4) is 78.7 Å². The fourth-order valence-electron chi connectivity index (χ4n) is 10.3. The van der Waals surface area contributed by atoms with Crippen LogP contribution in [-0.4, -0.2) is 15.0 Å². The maximum absolute atomic E-state index is 6.10. The van der Waals surface area contributed by atoms with Gasteiger partial charge in [-0.25, -0.2) is 15.0 Å². The molecule has 0 unspecified atom stereocenters. The van der Waals surface area contributed by atoms with E-state index in [0.717, 1.165) is 55.3 Å². The van der Waals surface area contributed by atoms with E-state index in [-0.39, 0.29) is 0 Å². The Balaban J connectivity index is 0.933. The van der Waals surface area contributed by atoms with E-state index in [4.69, 9.17) is 19.4 Å². The molecule has 0 radical (unpaired) electrons. The van der Waals surface area contributed by atoms with Crippen LogP contribution in [-0.2, 0) is 5.41 Å². The van der Waals surface area contributed by atoms with Gasteiger partial charge >= 0.3 is 0 Å². The minimum atomic E-state index is -0.406. The molecule has 0 saturated carbocycles. The summed E-state index contributed by atoms with van der Waals surface area (Å²) in [5.74, 6) is 1.88. The van der Waals surface area contributed by atoms with Crippen molar-refractivity contribution in [2.24, 2.45) is 0 Å². The molecular formula is C58H35N3O. The Kier molecular flexibility index (Phi) is 7.49. The van der Waals surface area contributed by atoms with Gasteiger partial charge in [0, 0.05) is 27.5 Å². The number of fused-ring (bicyclic) bond motifs is 13. The molecule has 2 aromatic heterocycles. The van der Waals surface area contributed by atoms with Gasteiger partial charge in [-0.1, -0.05) is 188 Å². The Morgan fingerprint density at radius 3 is 1.52 bits per heavy atom. The highest BCUT2D eigenvalue weighted by molar-refractivity contribution is 6.06. The maximum Gasteiger partial charge on any atom is 0.164 e. The van der Waals surface area contributed by atoms with Gasteiger partial charge in [0.1, 0.15) is 11.2 Å². The van der Waals surface area contributed by atoms with Gasteiger partial charge < -0.3 is 4.42 Å². The molecule has 0 amide bonds. The van der Waals surface area contributed by atoms with E-state index in [0.29, 0.717) is 17.5 Å². The molecule has 2 aliphatic rings. The lowest BCUT2D eigenvalue weighted by atomic mass is 9.70. The normalized spacial score (nSPS) is 13.0. The predicted octanol–water partition coefficient (Wildman–Crippen LogP) is 14.4. The summed E-state index contributed by atoms with van der Waals surface area (Å²) in [7, 11) is 0. The molecule has 0 N–H and O–H groups in total. The zero-order valence-electron chi connectivity index (χ0n) is 33.5. The number of aromatic nitrogens is 3. The van der Waals surface area contributed by atoms with Crippen molar-refractivity contribution in [2.45, 2.75) is 5.41 Å². The molecule has 62 heavy (non-hydrogen) atoms. The number of nitrogens with zero attached hydrogens (tertiary/aromatic N) is 3. The second-order valence-electron chi connectivity index (χ2n) is 16.3. The van der Waals surface area contributed by atoms with Crippen LogP contribution in [0.3, 0.4) is 0 Å². The minimum absolute atomic E-state index is 0.406. The van der Waals surface area contributed by atoms with Crippen molar-refractivity contribution in [1.29, 1.82) is 0 Å². The SMILES string of the molecule is c1ccc(-c2nc(-c3ccc(-c4ccc5oc6ccccc6c5c4)cc3)nc(-c3cccc(-c4cccc5c4-c4ccccc4C54c5ccccc5-c5ccccc54)c3)n2)cc1. The zero-order valence-corrected chi connectivity index (χ0v) is 33.5. The molecule has 4 nitrogen and oxygen atoms in total. The lowest BCUT2D eigenvalue weighted by Crippen LogP contribution is -2.25. The first kappa shape index (κ1) is 34.6. The lowest BCUT2D eigenvalue weighted by molar-refractivity contribution is 0.669. The van der Waals surface area contributed by atoms with Gasteiger partial charge in [-0.2, -0.15) is 0 Å². The average Bonchev–Trinajstić information content (AvgIpc) is 3.98. The standard InChI is InChI=1S/C58H35N3O/c1-2-14-37(15-3-1)55-59-56(38-30-28-36(29-31-38)39-32-33-53-47(35-39)45-20-7-11-27-52(45)62-53)61-57(60-55)41-17-12-16-40(34-41)42-22-13-26-51-54(42)46-21-6-10-25-50(46)58(51)48-23-8-4-18-43(48)44-19-5-9-24-49(44)58/h1-35H. The monoisotopic (exact) mass is 789 g/mol. The molecule has 0 fully saturated rings. The largest absolute Gasteiger partial charge is 0.456 e. The number of para-hydroxylation sites is 1. The third kappa shape index (κ3) is 5.04. The quantitative estimate of drug-likeness (QED) is 0.174. The van der Waals surface area contributed by atoms with Crippen molar-refractivity contribution < 1.29 is 4.42 Å². The Labute approximate surface area is 358 Å². The average molecular weight is 790 g/mol. The van der Waals surface area contributed by atoms with Gasteiger partial charge in [0.05, 0.1) is 5.41 Å². The third-order valence-corrected chi connectivity index (χ3v) is 13.0. The van der Waals surface area contributed by atoms with Gasteiger partial charge in [0.2, 0.25) is 0 Å². The molecule has 2 heterocycles. The first-order chi connectivity index (χ1) is 30.7. The zero-order chi connectivity index (χ0) is 40.8. The first-order valence-electron chi connectivity index (χ1n) is 21.1. The predicted molar refractivity (Wildman–Crippen MR) is 251 cm³/mol. The lowest BCUT2D eigenvalue weighted by Gasteiger charge is -2.30. The van der Waals surface area contributed by atoms with Crippen LogP contribution in [0.15, 0.2) is 217 Å². The van der Waals surface area contributed by atoms with Crippen LogP contribution in [0.1, 0.15) is 22.3 Å². The Bertz CT molecular complexity index is 3540.